The van der Waals surface area contributed by atoms with Gasteiger partial charge < -0.3 is 5.32 Å². The lowest BCUT2D eigenvalue weighted by Gasteiger charge is -2.13. The van der Waals surface area contributed by atoms with E-state index in [1.807, 2.05) is 23.7 Å². The molecule has 0 aliphatic carbocycles. The van der Waals surface area contributed by atoms with Crippen LogP contribution in [0.15, 0.2) is 34.5 Å². The molecule has 2 rings (SSSR count). The van der Waals surface area contributed by atoms with Gasteiger partial charge in [0.1, 0.15) is 9.61 Å². The molecular weight excluding hydrogens is 274 g/mol. The van der Waals surface area contributed by atoms with Crippen molar-refractivity contribution in [1.29, 1.82) is 0 Å². The lowest BCUT2D eigenvalue weighted by molar-refractivity contribution is 0.866. The topological polar surface area (TPSA) is 37.8 Å². The van der Waals surface area contributed by atoms with E-state index in [1.165, 1.54) is 0 Å². The SMILES string of the molecule is CC(Nc1cccnc1Br)c1nccs1. The highest BCUT2D eigenvalue weighted by Gasteiger charge is 2.09. The van der Waals surface area contributed by atoms with Gasteiger partial charge in [0.05, 0.1) is 11.7 Å². The van der Waals surface area contributed by atoms with E-state index in [0.29, 0.717) is 0 Å². The Morgan fingerprint density at radius 3 is 2.93 bits per heavy atom. The Kier molecular flexibility index (Phi) is 3.33. The van der Waals surface area contributed by atoms with Crippen molar-refractivity contribution in [3.8, 4) is 0 Å². The van der Waals surface area contributed by atoms with Crippen LogP contribution in [-0.4, -0.2) is 9.97 Å². The lowest BCUT2D eigenvalue weighted by atomic mass is 10.3. The zero-order valence-electron chi connectivity index (χ0n) is 8.14. The first kappa shape index (κ1) is 10.6. The standard InChI is InChI=1S/C10H10BrN3S/c1-7(10-13-5-6-15-10)14-8-3-2-4-12-9(8)11/h2-7,14H,1H3. The van der Waals surface area contributed by atoms with E-state index >= 15 is 0 Å². The summed E-state index contributed by atoms with van der Waals surface area (Å²) in [5.41, 5.74) is 0.986. The summed E-state index contributed by atoms with van der Waals surface area (Å²) < 4.78 is 0.827. The van der Waals surface area contributed by atoms with Gasteiger partial charge in [-0.05, 0) is 35.0 Å². The Hall–Kier alpha value is -0.940. The Bertz CT molecular complexity index is 430. The normalized spacial score (nSPS) is 12.4. The summed E-state index contributed by atoms with van der Waals surface area (Å²) in [5.74, 6) is 0. The number of nitrogens with zero attached hydrogens (tertiary/aromatic N) is 2. The van der Waals surface area contributed by atoms with Gasteiger partial charge in [-0.25, -0.2) is 9.97 Å². The molecule has 1 N–H and O–H groups in total. The smallest absolute Gasteiger partial charge is 0.129 e. The minimum atomic E-state index is 0.200. The molecule has 5 heteroatoms. The summed E-state index contributed by atoms with van der Waals surface area (Å²) in [5, 5.41) is 6.40. The zero-order valence-corrected chi connectivity index (χ0v) is 10.5. The zero-order chi connectivity index (χ0) is 10.7. The predicted octanol–water partition coefficient (Wildman–Crippen LogP) is 3.47. The van der Waals surface area contributed by atoms with Crippen molar-refractivity contribution in [2.75, 3.05) is 5.32 Å². The Labute approximate surface area is 101 Å². The van der Waals surface area contributed by atoms with Crippen molar-refractivity contribution >= 4 is 33.0 Å². The number of anilines is 1. The molecule has 78 valence electrons. The van der Waals surface area contributed by atoms with E-state index in [1.54, 1.807) is 17.5 Å². The van der Waals surface area contributed by atoms with Crippen LogP contribution in [-0.2, 0) is 0 Å². The number of rotatable bonds is 3. The second-order valence-electron chi connectivity index (χ2n) is 3.08. The fourth-order valence-electron chi connectivity index (χ4n) is 1.24. The highest BCUT2D eigenvalue weighted by Crippen LogP contribution is 2.25. The third kappa shape index (κ3) is 2.54. The van der Waals surface area contributed by atoms with Gasteiger partial charge in [0.15, 0.2) is 0 Å². The molecule has 3 nitrogen and oxygen atoms in total. The number of hydrogen-bond acceptors (Lipinski definition) is 4. The van der Waals surface area contributed by atoms with Crippen LogP contribution in [0, 0.1) is 0 Å². The predicted molar refractivity (Wildman–Crippen MR) is 66.1 cm³/mol. The van der Waals surface area contributed by atoms with Crippen molar-refractivity contribution < 1.29 is 0 Å². The van der Waals surface area contributed by atoms with Gasteiger partial charge in [-0.2, -0.15) is 0 Å². The Balaban J connectivity index is 2.13. The van der Waals surface area contributed by atoms with E-state index in [4.69, 9.17) is 0 Å². The molecule has 15 heavy (non-hydrogen) atoms. The second kappa shape index (κ2) is 4.72. The number of hydrogen-bond donors (Lipinski definition) is 1. The molecule has 1 unspecified atom stereocenters. The molecule has 2 heterocycles. The summed E-state index contributed by atoms with van der Waals surface area (Å²) in [6.45, 7) is 2.08. The fraction of sp³-hybridized carbons (Fsp3) is 0.200. The monoisotopic (exact) mass is 283 g/mol. The van der Waals surface area contributed by atoms with Gasteiger partial charge >= 0.3 is 0 Å². The van der Waals surface area contributed by atoms with Gasteiger partial charge in [-0.1, -0.05) is 0 Å². The molecule has 0 aliphatic rings. The molecule has 0 bridgehead atoms. The first-order valence-corrected chi connectivity index (χ1v) is 6.21. The van der Waals surface area contributed by atoms with Gasteiger partial charge in [0.25, 0.3) is 0 Å². The number of halogens is 1. The first-order valence-electron chi connectivity index (χ1n) is 4.54. The molecule has 0 radical (unpaired) electrons. The molecule has 0 aromatic carbocycles. The van der Waals surface area contributed by atoms with Gasteiger partial charge in [0.2, 0.25) is 0 Å². The van der Waals surface area contributed by atoms with Crippen LogP contribution in [0.3, 0.4) is 0 Å². The van der Waals surface area contributed by atoms with Crippen LogP contribution in [0.25, 0.3) is 0 Å². The summed E-state index contributed by atoms with van der Waals surface area (Å²) >= 11 is 5.04. The van der Waals surface area contributed by atoms with Crippen molar-refractivity contribution in [1.82, 2.24) is 9.97 Å². The van der Waals surface area contributed by atoms with Crippen LogP contribution in [0.2, 0.25) is 0 Å². The van der Waals surface area contributed by atoms with E-state index < -0.39 is 0 Å². The summed E-state index contributed by atoms with van der Waals surface area (Å²) in [4.78, 5) is 8.41. The van der Waals surface area contributed by atoms with Gasteiger partial charge in [0, 0.05) is 17.8 Å². The van der Waals surface area contributed by atoms with Gasteiger partial charge in [-0.15, -0.1) is 11.3 Å². The third-order valence-electron chi connectivity index (χ3n) is 1.95. The molecule has 0 amide bonds. The summed E-state index contributed by atoms with van der Waals surface area (Å²) in [6, 6.07) is 4.09. The van der Waals surface area contributed by atoms with E-state index in [-0.39, 0.29) is 6.04 Å². The van der Waals surface area contributed by atoms with Gasteiger partial charge in [-0.3, -0.25) is 0 Å². The molecule has 0 fully saturated rings. The van der Waals surface area contributed by atoms with E-state index in [2.05, 4.69) is 38.1 Å². The number of nitrogens with one attached hydrogen (secondary N) is 1. The van der Waals surface area contributed by atoms with Crippen LogP contribution >= 0.6 is 27.3 Å². The number of aromatic nitrogens is 2. The Morgan fingerprint density at radius 1 is 1.40 bits per heavy atom. The maximum Gasteiger partial charge on any atom is 0.129 e. The van der Waals surface area contributed by atoms with Crippen molar-refractivity contribution in [2.24, 2.45) is 0 Å². The molecule has 0 saturated carbocycles. The summed E-state index contributed by atoms with van der Waals surface area (Å²) in [7, 11) is 0. The van der Waals surface area contributed by atoms with Crippen molar-refractivity contribution in [3.63, 3.8) is 0 Å². The molecule has 0 saturated heterocycles. The quantitative estimate of drug-likeness (QED) is 0.877. The molecule has 1 atom stereocenters. The highest BCUT2D eigenvalue weighted by molar-refractivity contribution is 9.10. The van der Waals surface area contributed by atoms with E-state index in [9.17, 15) is 0 Å². The highest BCUT2D eigenvalue weighted by atomic mass is 79.9. The van der Waals surface area contributed by atoms with E-state index in [0.717, 1.165) is 15.3 Å². The lowest BCUT2D eigenvalue weighted by Crippen LogP contribution is -2.06. The maximum atomic E-state index is 4.26. The molecule has 0 spiro atoms. The van der Waals surface area contributed by atoms with Crippen LogP contribution in [0.1, 0.15) is 18.0 Å². The number of pyridine rings is 1. The largest absolute Gasteiger partial charge is 0.374 e. The maximum absolute atomic E-state index is 4.26. The fourth-order valence-corrected chi connectivity index (χ4v) is 2.25. The van der Waals surface area contributed by atoms with Crippen LogP contribution < -0.4 is 5.32 Å². The summed E-state index contributed by atoms with van der Waals surface area (Å²) in [6.07, 6.45) is 3.57. The minimum absolute atomic E-state index is 0.200. The molecular formula is C10H10BrN3S. The second-order valence-corrected chi connectivity index (χ2v) is 4.76. The van der Waals surface area contributed by atoms with Crippen molar-refractivity contribution in [2.45, 2.75) is 13.0 Å². The number of thiazole rings is 1. The molecule has 2 aromatic rings. The minimum Gasteiger partial charge on any atom is -0.374 e. The first-order chi connectivity index (χ1) is 7.27. The average Bonchev–Trinajstić information content (AvgIpc) is 2.74. The third-order valence-corrected chi connectivity index (χ3v) is 3.54. The van der Waals surface area contributed by atoms with Crippen LogP contribution in [0.5, 0.6) is 0 Å². The average molecular weight is 284 g/mol. The van der Waals surface area contributed by atoms with Crippen LogP contribution in [0.4, 0.5) is 5.69 Å². The van der Waals surface area contributed by atoms with Crippen molar-refractivity contribution in [3.05, 3.63) is 39.5 Å². The Morgan fingerprint density at radius 2 is 2.27 bits per heavy atom. The molecule has 2 aromatic heterocycles. The molecule has 0 aliphatic heterocycles.